The zero-order chi connectivity index (χ0) is 22.8. The van der Waals surface area contributed by atoms with Crippen molar-refractivity contribution in [2.45, 2.75) is 31.5 Å². The van der Waals surface area contributed by atoms with Crippen molar-refractivity contribution in [3.05, 3.63) is 96.1 Å². The van der Waals surface area contributed by atoms with E-state index in [1.54, 1.807) is 11.9 Å². The van der Waals surface area contributed by atoms with Crippen LogP contribution in [-0.2, 0) is 17.9 Å². The van der Waals surface area contributed by atoms with Crippen molar-refractivity contribution >= 4 is 11.9 Å². The number of likely N-dealkylation sites (tertiary alicyclic amines) is 1. The maximum absolute atomic E-state index is 13.2. The minimum atomic E-state index is -0.727. The summed E-state index contributed by atoms with van der Waals surface area (Å²) in [5, 5.41) is 0. The van der Waals surface area contributed by atoms with Gasteiger partial charge in [-0.05, 0) is 35.1 Å². The summed E-state index contributed by atoms with van der Waals surface area (Å²) in [5.74, 6) is -0.0599. The van der Waals surface area contributed by atoms with E-state index in [4.69, 9.17) is 0 Å². The molecule has 0 bridgehead atoms. The average Bonchev–Trinajstić information content (AvgIpc) is 3.03. The van der Waals surface area contributed by atoms with Crippen LogP contribution in [0.3, 0.4) is 0 Å². The van der Waals surface area contributed by atoms with Gasteiger partial charge in [0.05, 0.1) is 0 Å². The molecule has 5 heteroatoms. The fourth-order valence-corrected chi connectivity index (χ4v) is 5.12. The van der Waals surface area contributed by atoms with Crippen LogP contribution in [0.15, 0.2) is 84.9 Å². The second-order valence-electron chi connectivity index (χ2n) is 9.09. The molecule has 3 aromatic rings. The van der Waals surface area contributed by atoms with Gasteiger partial charge in [-0.3, -0.25) is 14.6 Å². The molecule has 0 unspecified atom stereocenters. The lowest BCUT2D eigenvalue weighted by molar-refractivity contribution is -0.135. The summed E-state index contributed by atoms with van der Waals surface area (Å²) >= 11 is 0. The molecule has 5 rings (SSSR count). The monoisotopic (exact) mass is 439 g/mol. The van der Waals surface area contributed by atoms with Crippen molar-refractivity contribution in [3.63, 3.8) is 0 Å². The normalized spacial score (nSPS) is 18.3. The Hall–Kier alpha value is -3.44. The van der Waals surface area contributed by atoms with Crippen molar-refractivity contribution in [1.29, 1.82) is 0 Å². The molecule has 5 nitrogen and oxygen atoms in total. The van der Waals surface area contributed by atoms with Gasteiger partial charge in [0.1, 0.15) is 5.54 Å². The summed E-state index contributed by atoms with van der Waals surface area (Å²) in [4.78, 5) is 31.6. The van der Waals surface area contributed by atoms with Gasteiger partial charge in [-0.15, -0.1) is 0 Å². The predicted molar refractivity (Wildman–Crippen MR) is 129 cm³/mol. The van der Waals surface area contributed by atoms with Gasteiger partial charge in [0, 0.05) is 33.2 Å². The standard InChI is InChI=1S/C28H29N3O2/c1-29-26(32)28(31(27(29)33)21-22-8-4-2-5-9-22)16-18-30(19-17-28)20-23-12-14-25(15-13-23)24-10-6-3-7-11-24/h2-15H,16-21H2,1H3. The fourth-order valence-electron chi connectivity index (χ4n) is 5.12. The number of likely N-dealkylation sites (N-methyl/N-ethyl adjacent to an activating group) is 1. The largest absolute Gasteiger partial charge is 0.327 e. The lowest BCUT2D eigenvalue weighted by Crippen LogP contribution is -2.56. The van der Waals surface area contributed by atoms with Crippen LogP contribution in [-0.4, -0.2) is 52.3 Å². The molecular formula is C28H29N3O2. The molecule has 3 aromatic carbocycles. The van der Waals surface area contributed by atoms with Crippen molar-refractivity contribution in [1.82, 2.24) is 14.7 Å². The number of carbonyl (C=O) groups excluding carboxylic acids is 2. The second kappa shape index (κ2) is 8.83. The molecule has 2 aliphatic heterocycles. The van der Waals surface area contributed by atoms with E-state index in [0.717, 1.165) is 25.2 Å². The number of urea groups is 1. The van der Waals surface area contributed by atoms with E-state index < -0.39 is 5.54 Å². The van der Waals surface area contributed by atoms with Crippen LogP contribution in [0.25, 0.3) is 11.1 Å². The molecule has 2 aliphatic rings. The lowest BCUT2D eigenvalue weighted by Gasteiger charge is -2.42. The number of imide groups is 1. The van der Waals surface area contributed by atoms with Crippen LogP contribution >= 0.6 is 0 Å². The Balaban J connectivity index is 1.27. The lowest BCUT2D eigenvalue weighted by atomic mass is 9.85. The van der Waals surface area contributed by atoms with E-state index >= 15 is 0 Å². The highest BCUT2D eigenvalue weighted by Gasteiger charge is 2.56. The highest BCUT2D eigenvalue weighted by atomic mass is 16.2. The zero-order valence-corrected chi connectivity index (χ0v) is 19.0. The third-order valence-electron chi connectivity index (χ3n) is 7.07. The fraction of sp³-hybridized carbons (Fsp3) is 0.286. The molecule has 2 saturated heterocycles. The summed E-state index contributed by atoms with van der Waals surface area (Å²) in [6.45, 7) is 2.90. The Labute approximate surface area is 195 Å². The molecule has 0 aliphatic carbocycles. The van der Waals surface area contributed by atoms with Gasteiger partial charge < -0.3 is 4.90 Å². The first-order chi connectivity index (χ1) is 16.1. The summed E-state index contributed by atoms with van der Waals surface area (Å²) in [7, 11) is 1.61. The molecule has 0 radical (unpaired) electrons. The average molecular weight is 440 g/mol. The molecule has 0 aromatic heterocycles. The van der Waals surface area contributed by atoms with Crippen molar-refractivity contribution < 1.29 is 9.59 Å². The minimum Gasteiger partial charge on any atom is -0.305 e. The van der Waals surface area contributed by atoms with E-state index in [1.165, 1.54) is 21.6 Å². The molecule has 0 saturated carbocycles. The number of piperidine rings is 1. The van der Waals surface area contributed by atoms with Crippen LogP contribution in [0.2, 0.25) is 0 Å². The summed E-state index contributed by atoms with van der Waals surface area (Å²) in [5.41, 5.74) is 4.02. The van der Waals surface area contributed by atoms with E-state index in [-0.39, 0.29) is 11.9 Å². The van der Waals surface area contributed by atoms with Gasteiger partial charge >= 0.3 is 6.03 Å². The van der Waals surface area contributed by atoms with Crippen LogP contribution < -0.4 is 0 Å². The molecule has 0 atom stereocenters. The van der Waals surface area contributed by atoms with Gasteiger partial charge in [-0.1, -0.05) is 84.9 Å². The molecule has 1 spiro atoms. The Morgan fingerprint density at radius 1 is 0.697 bits per heavy atom. The van der Waals surface area contributed by atoms with Gasteiger partial charge in [-0.25, -0.2) is 4.79 Å². The predicted octanol–water partition coefficient (Wildman–Crippen LogP) is 4.78. The molecule has 3 amide bonds. The van der Waals surface area contributed by atoms with Crippen molar-refractivity contribution in [2.24, 2.45) is 0 Å². The van der Waals surface area contributed by atoms with E-state index in [9.17, 15) is 9.59 Å². The Kier molecular flexibility index (Phi) is 5.73. The molecule has 2 fully saturated rings. The minimum absolute atomic E-state index is 0.0599. The molecule has 2 heterocycles. The number of rotatable bonds is 5. The summed E-state index contributed by atoms with van der Waals surface area (Å²) in [6.07, 6.45) is 1.33. The first-order valence-corrected chi connectivity index (χ1v) is 11.6. The van der Waals surface area contributed by atoms with Gasteiger partial charge in [0.25, 0.3) is 5.91 Å². The van der Waals surface area contributed by atoms with Crippen LogP contribution in [0.1, 0.15) is 24.0 Å². The SMILES string of the molecule is CN1C(=O)N(Cc2ccccc2)C2(CCN(Cc3ccc(-c4ccccc4)cc3)CC2)C1=O. The topological polar surface area (TPSA) is 43.9 Å². The molecule has 168 valence electrons. The number of nitrogens with zero attached hydrogens (tertiary/aromatic N) is 3. The number of hydrogen-bond acceptors (Lipinski definition) is 3. The van der Waals surface area contributed by atoms with Crippen LogP contribution in [0.4, 0.5) is 4.79 Å². The highest BCUT2D eigenvalue weighted by Crippen LogP contribution is 2.38. The maximum atomic E-state index is 13.2. The molecule has 33 heavy (non-hydrogen) atoms. The Morgan fingerprint density at radius 3 is 1.88 bits per heavy atom. The van der Waals surface area contributed by atoms with Gasteiger partial charge in [0.2, 0.25) is 0 Å². The third-order valence-corrected chi connectivity index (χ3v) is 7.07. The number of hydrogen-bond donors (Lipinski definition) is 0. The van der Waals surface area contributed by atoms with Crippen molar-refractivity contribution in [2.75, 3.05) is 20.1 Å². The van der Waals surface area contributed by atoms with Gasteiger partial charge in [0.15, 0.2) is 0 Å². The molecule has 0 N–H and O–H groups in total. The van der Waals surface area contributed by atoms with E-state index in [0.29, 0.717) is 19.4 Å². The van der Waals surface area contributed by atoms with Crippen molar-refractivity contribution in [3.8, 4) is 11.1 Å². The van der Waals surface area contributed by atoms with Crippen LogP contribution in [0, 0.1) is 0 Å². The van der Waals surface area contributed by atoms with Crippen LogP contribution in [0.5, 0.6) is 0 Å². The molecular weight excluding hydrogens is 410 g/mol. The third kappa shape index (κ3) is 4.05. The Bertz CT molecular complexity index is 1120. The quantitative estimate of drug-likeness (QED) is 0.537. The zero-order valence-electron chi connectivity index (χ0n) is 19.0. The summed E-state index contributed by atoms with van der Waals surface area (Å²) in [6, 6.07) is 28.9. The number of amides is 3. The first kappa shape index (κ1) is 21.4. The van der Waals surface area contributed by atoms with E-state index in [1.807, 2.05) is 36.4 Å². The second-order valence-corrected chi connectivity index (χ2v) is 9.09. The smallest absolute Gasteiger partial charge is 0.305 e. The van der Waals surface area contributed by atoms with Gasteiger partial charge in [-0.2, -0.15) is 0 Å². The Morgan fingerprint density at radius 2 is 1.24 bits per heavy atom. The number of benzene rings is 3. The maximum Gasteiger partial charge on any atom is 0.327 e. The summed E-state index contributed by atoms with van der Waals surface area (Å²) < 4.78 is 0. The van der Waals surface area contributed by atoms with E-state index in [2.05, 4.69) is 53.4 Å². The first-order valence-electron chi connectivity index (χ1n) is 11.6. The number of carbonyl (C=O) groups is 2. The highest BCUT2D eigenvalue weighted by molar-refractivity contribution is 6.06.